The van der Waals surface area contributed by atoms with Gasteiger partial charge in [0.1, 0.15) is 6.04 Å². The molecule has 2 unspecified atom stereocenters. The number of benzene rings is 1. The lowest BCUT2D eigenvalue weighted by Crippen LogP contribution is -2.35. The van der Waals surface area contributed by atoms with Crippen LogP contribution in [0.2, 0.25) is 0 Å². The molecule has 2 rings (SSSR count). The first-order valence-corrected chi connectivity index (χ1v) is 7.69. The van der Waals surface area contributed by atoms with Gasteiger partial charge < -0.3 is 19.9 Å². The average Bonchev–Trinajstić information content (AvgIpc) is 3.13. The van der Waals surface area contributed by atoms with Crippen molar-refractivity contribution in [2.45, 2.75) is 25.4 Å². The van der Waals surface area contributed by atoms with E-state index in [0.717, 1.165) is 0 Å². The van der Waals surface area contributed by atoms with Crippen LogP contribution in [-0.2, 0) is 9.59 Å². The van der Waals surface area contributed by atoms with Crippen molar-refractivity contribution in [1.82, 2.24) is 15.1 Å². The van der Waals surface area contributed by atoms with E-state index >= 15 is 0 Å². The molecular weight excluding hydrogens is 326 g/mol. The quantitative estimate of drug-likeness (QED) is 0.755. The van der Waals surface area contributed by atoms with Crippen LogP contribution in [0.25, 0.3) is 0 Å². The van der Waals surface area contributed by atoms with Gasteiger partial charge in [-0.3, -0.25) is 14.3 Å². The molecule has 1 heterocycles. The molecule has 2 atom stereocenters. The lowest BCUT2D eigenvalue weighted by atomic mass is 10.0. The van der Waals surface area contributed by atoms with Crippen LogP contribution in [0.4, 0.5) is 0 Å². The number of carbonyl (C=O) groups is 2. The Morgan fingerprint density at radius 2 is 2.00 bits per heavy atom. The predicted molar refractivity (Wildman–Crippen MR) is 89.6 cm³/mol. The number of nitrogens with zero attached hydrogens (tertiary/aromatic N) is 2. The number of ether oxygens (including phenoxy) is 2. The zero-order valence-electron chi connectivity index (χ0n) is 14.3. The Morgan fingerprint density at radius 3 is 2.56 bits per heavy atom. The zero-order chi connectivity index (χ0) is 18.4. The summed E-state index contributed by atoms with van der Waals surface area (Å²) in [4.78, 5) is 23.7. The molecule has 1 aromatic heterocycles. The molecule has 2 aromatic rings. The zero-order valence-corrected chi connectivity index (χ0v) is 14.3. The second-order valence-corrected chi connectivity index (χ2v) is 5.44. The standard InChI is InChI=1S/C17H21N3O5/c1-11(20-8-4-7-18-20)17(23)19-13(10-16(21)22)12-5-6-14(24-2)15(9-12)25-3/h4-9,11,13H,10H2,1-3H3,(H,19,23)(H,21,22). The molecule has 8 heteroatoms. The fourth-order valence-corrected chi connectivity index (χ4v) is 2.42. The molecule has 0 saturated heterocycles. The molecule has 0 radical (unpaired) electrons. The number of carbonyl (C=O) groups excluding carboxylic acids is 1. The Bertz CT molecular complexity index is 730. The summed E-state index contributed by atoms with van der Waals surface area (Å²) in [6.07, 6.45) is 2.99. The van der Waals surface area contributed by atoms with Crippen LogP contribution in [0.1, 0.15) is 31.0 Å². The summed E-state index contributed by atoms with van der Waals surface area (Å²) >= 11 is 0. The number of carboxylic acid groups (broad SMARTS) is 1. The van der Waals surface area contributed by atoms with E-state index in [1.54, 1.807) is 43.6 Å². The number of aromatic nitrogens is 2. The molecule has 0 saturated carbocycles. The Hall–Kier alpha value is -3.03. The number of amides is 1. The van der Waals surface area contributed by atoms with Crippen molar-refractivity contribution in [3.8, 4) is 11.5 Å². The van der Waals surface area contributed by atoms with Gasteiger partial charge in [0.05, 0.1) is 26.7 Å². The van der Waals surface area contributed by atoms with E-state index in [-0.39, 0.29) is 12.3 Å². The van der Waals surface area contributed by atoms with Crippen molar-refractivity contribution in [2.24, 2.45) is 0 Å². The maximum atomic E-state index is 12.5. The van der Waals surface area contributed by atoms with Crippen LogP contribution in [0.15, 0.2) is 36.7 Å². The van der Waals surface area contributed by atoms with Crippen LogP contribution in [0, 0.1) is 0 Å². The van der Waals surface area contributed by atoms with Crippen LogP contribution >= 0.6 is 0 Å². The van der Waals surface area contributed by atoms with Crippen molar-refractivity contribution in [1.29, 1.82) is 0 Å². The van der Waals surface area contributed by atoms with Gasteiger partial charge >= 0.3 is 5.97 Å². The van der Waals surface area contributed by atoms with E-state index in [1.165, 1.54) is 18.9 Å². The highest BCUT2D eigenvalue weighted by Gasteiger charge is 2.23. The van der Waals surface area contributed by atoms with E-state index in [0.29, 0.717) is 17.1 Å². The van der Waals surface area contributed by atoms with Crippen LogP contribution in [0.5, 0.6) is 11.5 Å². The van der Waals surface area contributed by atoms with Crippen molar-refractivity contribution in [3.05, 3.63) is 42.2 Å². The Balaban J connectivity index is 2.24. The minimum atomic E-state index is -1.02. The molecule has 0 aliphatic rings. The fraction of sp³-hybridized carbons (Fsp3) is 0.353. The number of aliphatic carboxylic acids is 1. The van der Waals surface area contributed by atoms with E-state index in [4.69, 9.17) is 9.47 Å². The van der Waals surface area contributed by atoms with Gasteiger partial charge in [0, 0.05) is 12.4 Å². The molecule has 1 aromatic carbocycles. The first-order chi connectivity index (χ1) is 12.0. The summed E-state index contributed by atoms with van der Waals surface area (Å²) in [6, 6.07) is 5.48. The molecule has 8 nitrogen and oxygen atoms in total. The molecule has 134 valence electrons. The number of hydrogen-bond acceptors (Lipinski definition) is 5. The lowest BCUT2D eigenvalue weighted by molar-refractivity contribution is -0.137. The third kappa shape index (κ3) is 4.50. The van der Waals surface area contributed by atoms with Crippen LogP contribution < -0.4 is 14.8 Å². The molecule has 0 fully saturated rings. The van der Waals surface area contributed by atoms with E-state index in [1.807, 2.05) is 0 Å². The van der Waals surface area contributed by atoms with Gasteiger partial charge in [-0.05, 0) is 30.7 Å². The van der Waals surface area contributed by atoms with Crippen LogP contribution in [-0.4, -0.2) is 41.0 Å². The largest absolute Gasteiger partial charge is 0.493 e. The van der Waals surface area contributed by atoms with Crippen molar-refractivity contribution in [2.75, 3.05) is 14.2 Å². The van der Waals surface area contributed by atoms with Gasteiger partial charge in [-0.15, -0.1) is 0 Å². The normalized spacial score (nSPS) is 12.9. The smallest absolute Gasteiger partial charge is 0.305 e. The number of rotatable bonds is 8. The average molecular weight is 347 g/mol. The third-order valence-electron chi connectivity index (χ3n) is 3.81. The van der Waals surface area contributed by atoms with Gasteiger partial charge in [0.2, 0.25) is 5.91 Å². The van der Waals surface area contributed by atoms with Gasteiger partial charge in [-0.2, -0.15) is 5.10 Å². The van der Waals surface area contributed by atoms with Gasteiger partial charge in [0.15, 0.2) is 11.5 Å². The summed E-state index contributed by atoms with van der Waals surface area (Å²) in [7, 11) is 3.01. The molecule has 0 aliphatic carbocycles. The second kappa shape index (κ2) is 8.18. The summed E-state index contributed by atoms with van der Waals surface area (Å²) in [5, 5.41) is 16.0. The molecule has 0 aliphatic heterocycles. The summed E-state index contributed by atoms with van der Waals surface area (Å²) in [5.74, 6) is -0.363. The number of nitrogens with one attached hydrogen (secondary N) is 1. The van der Waals surface area contributed by atoms with Gasteiger partial charge in [-0.1, -0.05) is 6.07 Å². The van der Waals surface area contributed by atoms with E-state index in [9.17, 15) is 14.7 Å². The van der Waals surface area contributed by atoms with Crippen molar-refractivity contribution < 1.29 is 24.2 Å². The topological polar surface area (TPSA) is 103 Å². The first-order valence-electron chi connectivity index (χ1n) is 7.69. The molecule has 1 amide bonds. The monoisotopic (exact) mass is 347 g/mol. The SMILES string of the molecule is COc1ccc(C(CC(=O)O)NC(=O)C(C)n2cccn2)cc1OC. The lowest BCUT2D eigenvalue weighted by Gasteiger charge is -2.21. The fourth-order valence-electron chi connectivity index (χ4n) is 2.42. The van der Waals surface area contributed by atoms with E-state index < -0.39 is 18.1 Å². The maximum absolute atomic E-state index is 12.5. The minimum absolute atomic E-state index is 0.257. The first kappa shape index (κ1) is 18.3. The molecule has 2 N–H and O–H groups in total. The highest BCUT2D eigenvalue weighted by molar-refractivity contribution is 5.81. The molecule has 0 spiro atoms. The Kier molecular flexibility index (Phi) is 5.99. The molecular formula is C17H21N3O5. The van der Waals surface area contributed by atoms with E-state index in [2.05, 4.69) is 10.4 Å². The number of methoxy groups -OCH3 is 2. The van der Waals surface area contributed by atoms with Gasteiger partial charge in [-0.25, -0.2) is 0 Å². The second-order valence-electron chi connectivity index (χ2n) is 5.44. The predicted octanol–water partition coefficient (Wildman–Crippen LogP) is 1.79. The highest BCUT2D eigenvalue weighted by atomic mass is 16.5. The number of hydrogen-bond donors (Lipinski definition) is 2. The van der Waals surface area contributed by atoms with Crippen LogP contribution in [0.3, 0.4) is 0 Å². The molecule has 25 heavy (non-hydrogen) atoms. The minimum Gasteiger partial charge on any atom is -0.493 e. The maximum Gasteiger partial charge on any atom is 0.305 e. The van der Waals surface area contributed by atoms with Crippen molar-refractivity contribution >= 4 is 11.9 Å². The number of carboxylic acids is 1. The Morgan fingerprint density at radius 1 is 1.28 bits per heavy atom. The summed E-state index contributed by atoms with van der Waals surface area (Å²) < 4.78 is 11.9. The van der Waals surface area contributed by atoms with Crippen molar-refractivity contribution in [3.63, 3.8) is 0 Å². The van der Waals surface area contributed by atoms with Gasteiger partial charge in [0.25, 0.3) is 0 Å². The summed E-state index contributed by atoms with van der Waals surface area (Å²) in [6.45, 7) is 1.69. The third-order valence-corrected chi connectivity index (χ3v) is 3.81. The highest BCUT2D eigenvalue weighted by Crippen LogP contribution is 2.31. The Labute approximate surface area is 145 Å². The summed E-state index contributed by atoms with van der Waals surface area (Å²) in [5.41, 5.74) is 0.612. The molecule has 0 bridgehead atoms.